The Bertz CT molecular complexity index is 634. The molecule has 0 bridgehead atoms. The molecule has 0 unspecified atom stereocenters. The first kappa shape index (κ1) is 16.5. The fourth-order valence-corrected chi connectivity index (χ4v) is 2.84. The predicted octanol–water partition coefficient (Wildman–Crippen LogP) is 2.22. The summed E-state index contributed by atoms with van der Waals surface area (Å²) in [6.45, 7) is 1.62. The first-order chi connectivity index (χ1) is 11.8. The highest BCUT2D eigenvalue weighted by molar-refractivity contribution is 5.76. The largest absolute Gasteiger partial charge is 0.493 e. The Balaban J connectivity index is 1.43. The highest BCUT2D eigenvalue weighted by Gasteiger charge is 2.29. The van der Waals surface area contributed by atoms with Crippen molar-refractivity contribution in [3.8, 4) is 5.75 Å². The SMILES string of the molecule is O=C(CCOc1ccccc1)N[C@@H]1COC[C@H]1Cc1ccncc1. The topological polar surface area (TPSA) is 60.5 Å². The van der Waals surface area contributed by atoms with Gasteiger partial charge < -0.3 is 14.8 Å². The lowest BCUT2D eigenvalue weighted by molar-refractivity contribution is -0.122. The molecule has 1 aromatic heterocycles. The Morgan fingerprint density at radius 3 is 2.75 bits per heavy atom. The summed E-state index contributed by atoms with van der Waals surface area (Å²) in [5.74, 6) is 1.08. The van der Waals surface area contributed by atoms with E-state index in [9.17, 15) is 4.79 Å². The van der Waals surface area contributed by atoms with Gasteiger partial charge in [0.25, 0.3) is 0 Å². The van der Waals surface area contributed by atoms with Crippen LogP contribution in [0.3, 0.4) is 0 Å². The molecule has 24 heavy (non-hydrogen) atoms. The molecule has 1 fully saturated rings. The Morgan fingerprint density at radius 1 is 1.17 bits per heavy atom. The van der Waals surface area contributed by atoms with E-state index in [-0.39, 0.29) is 11.9 Å². The quantitative estimate of drug-likeness (QED) is 0.847. The van der Waals surface area contributed by atoms with E-state index >= 15 is 0 Å². The number of benzene rings is 1. The molecular weight excluding hydrogens is 304 g/mol. The lowest BCUT2D eigenvalue weighted by Gasteiger charge is -2.19. The minimum atomic E-state index is 0.00107. The molecule has 5 heteroatoms. The van der Waals surface area contributed by atoms with Crippen LogP contribution in [0.4, 0.5) is 0 Å². The van der Waals surface area contributed by atoms with Crippen molar-refractivity contribution >= 4 is 5.91 Å². The molecule has 0 aliphatic carbocycles. The number of pyridine rings is 1. The molecule has 0 spiro atoms. The van der Waals surface area contributed by atoms with E-state index in [0.29, 0.717) is 32.2 Å². The third kappa shape index (κ3) is 4.80. The van der Waals surface area contributed by atoms with Crippen LogP contribution in [0.2, 0.25) is 0 Å². The number of nitrogens with one attached hydrogen (secondary N) is 1. The molecular formula is C19H22N2O3. The van der Waals surface area contributed by atoms with Crippen LogP contribution in [0.25, 0.3) is 0 Å². The fourth-order valence-electron chi connectivity index (χ4n) is 2.84. The number of hydrogen-bond acceptors (Lipinski definition) is 4. The Hall–Kier alpha value is -2.40. The molecule has 1 N–H and O–H groups in total. The van der Waals surface area contributed by atoms with Crippen LogP contribution in [0.1, 0.15) is 12.0 Å². The van der Waals surface area contributed by atoms with Gasteiger partial charge in [-0.05, 0) is 36.2 Å². The van der Waals surface area contributed by atoms with E-state index in [1.54, 1.807) is 12.4 Å². The molecule has 2 atom stereocenters. The summed E-state index contributed by atoms with van der Waals surface area (Å²) in [5, 5.41) is 3.08. The number of hydrogen-bond donors (Lipinski definition) is 1. The molecule has 2 aromatic rings. The zero-order chi connectivity index (χ0) is 16.6. The molecule has 1 aliphatic heterocycles. The number of nitrogens with zero attached hydrogens (tertiary/aromatic N) is 1. The zero-order valence-electron chi connectivity index (χ0n) is 13.6. The lowest BCUT2D eigenvalue weighted by Crippen LogP contribution is -2.41. The molecule has 3 rings (SSSR count). The predicted molar refractivity (Wildman–Crippen MR) is 90.7 cm³/mol. The Kier molecular flexibility index (Phi) is 5.80. The monoisotopic (exact) mass is 326 g/mol. The maximum Gasteiger partial charge on any atom is 0.223 e. The number of ether oxygens (including phenoxy) is 2. The summed E-state index contributed by atoms with van der Waals surface area (Å²) in [7, 11) is 0. The Morgan fingerprint density at radius 2 is 1.96 bits per heavy atom. The van der Waals surface area contributed by atoms with E-state index in [1.807, 2.05) is 42.5 Å². The van der Waals surface area contributed by atoms with Crippen molar-refractivity contribution in [1.29, 1.82) is 0 Å². The van der Waals surface area contributed by atoms with Gasteiger partial charge in [0.05, 0.1) is 32.3 Å². The molecule has 1 aromatic carbocycles. The number of rotatable bonds is 7. The van der Waals surface area contributed by atoms with Gasteiger partial charge in [-0.3, -0.25) is 9.78 Å². The molecule has 1 aliphatic rings. The van der Waals surface area contributed by atoms with Gasteiger partial charge in [0.2, 0.25) is 5.91 Å². The second kappa shape index (κ2) is 8.45. The number of carbonyl (C=O) groups excluding carboxylic acids is 1. The maximum absolute atomic E-state index is 12.1. The minimum Gasteiger partial charge on any atom is -0.493 e. The van der Waals surface area contributed by atoms with Crippen LogP contribution in [0.5, 0.6) is 5.75 Å². The normalized spacial score (nSPS) is 19.8. The van der Waals surface area contributed by atoms with Crippen LogP contribution in [0, 0.1) is 5.92 Å². The number of carbonyl (C=O) groups is 1. The highest BCUT2D eigenvalue weighted by atomic mass is 16.5. The average Bonchev–Trinajstić information content (AvgIpc) is 3.03. The van der Waals surface area contributed by atoms with E-state index < -0.39 is 0 Å². The summed E-state index contributed by atoms with van der Waals surface area (Å²) in [6.07, 6.45) is 4.81. The van der Waals surface area contributed by atoms with Crippen molar-refractivity contribution in [2.75, 3.05) is 19.8 Å². The standard InChI is InChI=1S/C19H22N2O3/c22-19(8-11-24-17-4-2-1-3-5-17)21-18-14-23-13-16(18)12-15-6-9-20-10-7-15/h1-7,9-10,16,18H,8,11-14H2,(H,21,22)/t16-,18-/m1/s1. The van der Waals surface area contributed by atoms with Gasteiger partial charge in [-0.25, -0.2) is 0 Å². The minimum absolute atomic E-state index is 0.00107. The van der Waals surface area contributed by atoms with Crippen LogP contribution in [-0.4, -0.2) is 36.8 Å². The van der Waals surface area contributed by atoms with Crippen molar-refractivity contribution in [3.05, 3.63) is 60.4 Å². The molecule has 126 valence electrons. The van der Waals surface area contributed by atoms with Crippen LogP contribution in [-0.2, 0) is 16.0 Å². The molecule has 5 nitrogen and oxygen atoms in total. The summed E-state index contributed by atoms with van der Waals surface area (Å²) in [5.41, 5.74) is 1.21. The highest BCUT2D eigenvalue weighted by Crippen LogP contribution is 2.19. The van der Waals surface area contributed by atoms with Crippen molar-refractivity contribution in [3.63, 3.8) is 0 Å². The second-order valence-electron chi connectivity index (χ2n) is 5.94. The number of aromatic nitrogens is 1. The van der Waals surface area contributed by atoms with Crippen molar-refractivity contribution < 1.29 is 14.3 Å². The first-order valence-electron chi connectivity index (χ1n) is 8.25. The summed E-state index contributed by atoms with van der Waals surface area (Å²) in [6, 6.07) is 13.6. The Labute approximate surface area is 142 Å². The van der Waals surface area contributed by atoms with E-state index in [1.165, 1.54) is 5.56 Å². The van der Waals surface area contributed by atoms with Gasteiger partial charge in [0, 0.05) is 18.3 Å². The van der Waals surface area contributed by atoms with Gasteiger partial charge in [-0.1, -0.05) is 18.2 Å². The van der Waals surface area contributed by atoms with Gasteiger partial charge in [0.1, 0.15) is 5.75 Å². The molecule has 2 heterocycles. The number of amides is 1. The molecule has 0 saturated carbocycles. The first-order valence-corrected chi connectivity index (χ1v) is 8.25. The molecule has 1 saturated heterocycles. The number of para-hydroxylation sites is 1. The van der Waals surface area contributed by atoms with E-state index in [4.69, 9.17) is 9.47 Å². The summed E-state index contributed by atoms with van der Waals surface area (Å²) in [4.78, 5) is 16.2. The van der Waals surface area contributed by atoms with E-state index in [2.05, 4.69) is 10.3 Å². The third-order valence-corrected chi connectivity index (χ3v) is 4.13. The lowest BCUT2D eigenvalue weighted by atomic mass is 9.95. The van der Waals surface area contributed by atoms with Crippen LogP contribution < -0.4 is 10.1 Å². The maximum atomic E-state index is 12.1. The van der Waals surface area contributed by atoms with Crippen LogP contribution >= 0.6 is 0 Å². The molecule has 1 amide bonds. The van der Waals surface area contributed by atoms with Crippen molar-refractivity contribution in [2.24, 2.45) is 5.92 Å². The van der Waals surface area contributed by atoms with Crippen molar-refractivity contribution in [1.82, 2.24) is 10.3 Å². The van der Waals surface area contributed by atoms with Gasteiger partial charge >= 0.3 is 0 Å². The smallest absolute Gasteiger partial charge is 0.223 e. The van der Waals surface area contributed by atoms with Gasteiger partial charge in [0.15, 0.2) is 0 Å². The zero-order valence-corrected chi connectivity index (χ0v) is 13.6. The third-order valence-electron chi connectivity index (χ3n) is 4.13. The van der Waals surface area contributed by atoms with Crippen molar-refractivity contribution in [2.45, 2.75) is 18.9 Å². The van der Waals surface area contributed by atoms with Gasteiger partial charge in [-0.15, -0.1) is 0 Å². The molecule has 0 radical (unpaired) electrons. The van der Waals surface area contributed by atoms with Gasteiger partial charge in [-0.2, -0.15) is 0 Å². The summed E-state index contributed by atoms with van der Waals surface area (Å²) < 4.78 is 11.1. The average molecular weight is 326 g/mol. The fraction of sp³-hybridized carbons (Fsp3) is 0.368. The summed E-state index contributed by atoms with van der Waals surface area (Å²) >= 11 is 0. The van der Waals surface area contributed by atoms with Crippen LogP contribution in [0.15, 0.2) is 54.9 Å². The second-order valence-corrected chi connectivity index (χ2v) is 5.94. The van der Waals surface area contributed by atoms with E-state index in [0.717, 1.165) is 12.2 Å².